The van der Waals surface area contributed by atoms with Gasteiger partial charge in [0.05, 0.1) is 11.6 Å². The van der Waals surface area contributed by atoms with E-state index < -0.39 is 0 Å². The zero-order chi connectivity index (χ0) is 20.8. The molecule has 30 heavy (non-hydrogen) atoms. The molecule has 3 N–H and O–H groups in total. The maximum absolute atomic E-state index is 14.1. The van der Waals surface area contributed by atoms with Crippen molar-refractivity contribution in [2.24, 2.45) is 0 Å². The molecule has 2 aliphatic heterocycles. The number of aromatic amines is 1. The average Bonchev–Trinajstić information content (AvgIpc) is 3.36. The summed E-state index contributed by atoms with van der Waals surface area (Å²) in [7, 11) is 0. The Morgan fingerprint density at radius 3 is 2.93 bits per heavy atom. The third-order valence-corrected chi connectivity index (χ3v) is 6.96. The normalized spacial score (nSPS) is 27.2. The number of rotatable bonds is 3. The van der Waals surface area contributed by atoms with Gasteiger partial charge in [0, 0.05) is 43.6 Å². The molecule has 5 rings (SSSR count). The SMILES string of the molecule is Cc1ccc(F)c2cc(C(=O)N[C@@H]3CCC[C@H](N4CCN5C(=O)NC[C@@H]5C4)C3)[nH]c12. The van der Waals surface area contributed by atoms with Crippen molar-refractivity contribution in [2.75, 3.05) is 26.2 Å². The number of aryl methyl sites for hydroxylation is 1. The monoisotopic (exact) mass is 413 g/mol. The lowest BCUT2D eigenvalue weighted by atomic mass is 9.89. The van der Waals surface area contributed by atoms with E-state index in [1.54, 1.807) is 12.1 Å². The minimum Gasteiger partial charge on any atom is -0.350 e. The van der Waals surface area contributed by atoms with E-state index in [2.05, 4.69) is 20.5 Å². The largest absolute Gasteiger partial charge is 0.350 e. The molecule has 1 aliphatic carbocycles. The van der Waals surface area contributed by atoms with Gasteiger partial charge in [0.2, 0.25) is 0 Å². The van der Waals surface area contributed by atoms with E-state index >= 15 is 0 Å². The topological polar surface area (TPSA) is 80.5 Å². The molecule has 3 amide bonds. The van der Waals surface area contributed by atoms with Gasteiger partial charge in [-0.25, -0.2) is 9.18 Å². The lowest BCUT2D eigenvalue weighted by Gasteiger charge is -2.43. The van der Waals surface area contributed by atoms with Gasteiger partial charge in [-0.2, -0.15) is 0 Å². The van der Waals surface area contributed by atoms with Crippen LogP contribution < -0.4 is 10.6 Å². The fourth-order valence-corrected chi connectivity index (χ4v) is 5.30. The summed E-state index contributed by atoms with van der Waals surface area (Å²) >= 11 is 0. The number of amides is 3. The number of halogens is 1. The van der Waals surface area contributed by atoms with Crippen molar-refractivity contribution in [3.63, 3.8) is 0 Å². The van der Waals surface area contributed by atoms with Gasteiger partial charge >= 0.3 is 6.03 Å². The second kappa shape index (κ2) is 7.58. The number of nitrogens with zero attached hydrogens (tertiary/aromatic N) is 2. The molecule has 1 aromatic heterocycles. The van der Waals surface area contributed by atoms with Crippen LogP contribution in [0.5, 0.6) is 0 Å². The summed E-state index contributed by atoms with van der Waals surface area (Å²) in [6.45, 7) is 5.17. The van der Waals surface area contributed by atoms with E-state index in [1.165, 1.54) is 6.07 Å². The molecular weight excluding hydrogens is 385 g/mol. The van der Waals surface area contributed by atoms with Gasteiger partial charge in [-0.1, -0.05) is 6.07 Å². The Labute approximate surface area is 175 Å². The van der Waals surface area contributed by atoms with Crippen LogP contribution in [0.3, 0.4) is 0 Å². The minimum absolute atomic E-state index is 0.0541. The number of hydrogen-bond acceptors (Lipinski definition) is 3. The maximum atomic E-state index is 14.1. The van der Waals surface area contributed by atoms with Crippen molar-refractivity contribution in [3.8, 4) is 0 Å². The average molecular weight is 413 g/mol. The first kappa shape index (κ1) is 19.4. The van der Waals surface area contributed by atoms with Crippen molar-refractivity contribution in [3.05, 3.63) is 35.3 Å². The first-order chi connectivity index (χ1) is 14.5. The van der Waals surface area contributed by atoms with Crippen molar-refractivity contribution in [1.82, 2.24) is 25.4 Å². The van der Waals surface area contributed by atoms with Gasteiger partial charge in [0.25, 0.3) is 5.91 Å². The molecule has 3 heterocycles. The Hall–Kier alpha value is -2.61. The lowest BCUT2D eigenvalue weighted by molar-refractivity contribution is 0.0630. The van der Waals surface area contributed by atoms with Gasteiger partial charge in [-0.05, 0) is 50.3 Å². The maximum Gasteiger partial charge on any atom is 0.317 e. The van der Waals surface area contributed by atoms with Crippen LogP contribution in [0.15, 0.2) is 18.2 Å². The first-order valence-electron chi connectivity index (χ1n) is 10.9. The summed E-state index contributed by atoms with van der Waals surface area (Å²) in [4.78, 5) is 32.2. The number of fused-ring (bicyclic) bond motifs is 2. The molecule has 8 heteroatoms. The van der Waals surface area contributed by atoms with Gasteiger partial charge in [-0.15, -0.1) is 0 Å². The Morgan fingerprint density at radius 2 is 2.10 bits per heavy atom. The Balaban J connectivity index is 1.23. The molecule has 3 atom stereocenters. The standard InChI is InChI=1S/C22H28FN5O2/c1-13-5-6-18(23)17-10-19(26-20(13)17)21(29)25-14-3-2-4-15(9-14)27-7-8-28-16(12-27)11-24-22(28)30/h5-6,10,14-16,26H,2-4,7-9,11-12H2,1H3,(H,24,30)(H,25,29)/t14-,15+,16-/m1/s1. The predicted molar refractivity (Wildman–Crippen MR) is 112 cm³/mol. The van der Waals surface area contributed by atoms with Crippen molar-refractivity contribution >= 4 is 22.8 Å². The molecule has 7 nitrogen and oxygen atoms in total. The van der Waals surface area contributed by atoms with Gasteiger partial charge in [-0.3, -0.25) is 9.69 Å². The third-order valence-electron chi connectivity index (χ3n) is 6.96. The van der Waals surface area contributed by atoms with Crippen molar-refractivity contribution in [2.45, 2.75) is 50.7 Å². The van der Waals surface area contributed by atoms with Crippen LogP contribution in [0.2, 0.25) is 0 Å². The molecule has 0 unspecified atom stereocenters. The van der Waals surface area contributed by atoms with Crippen LogP contribution in [0, 0.1) is 12.7 Å². The quantitative estimate of drug-likeness (QED) is 0.723. The number of aromatic nitrogens is 1. The summed E-state index contributed by atoms with van der Waals surface area (Å²) in [5.41, 5.74) is 2.01. The number of urea groups is 1. The summed E-state index contributed by atoms with van der Waals surface area (Å²) in [5.74, 6) is -0.492. The Bertz CT molecular complexity index is 950. The number of carbonyl (C=O) groups is 2. The molecule has 2 aromatic rings. The number of hydrogen-bond donors (Lipinski definition) is 3. The van der Waals surface area contributed by atoms with E-state index in [9.17, 15) is 14.0 Å². The number of H-pyrrole nitrogens is 1. The van der Waals surface area contributed by atoms with E-state index in [0.717, 1.165) is 57.4 Å². The van der Waals surface area contributed by atoms with Crippen LogP contribution in [0.25, 0.3) is 10.9 Å². The highest BCUT2D eigenvalue weighted by Gasteiger charge is 2.38. The molecule has 2 saturated heterocycles. The zero-order valence-electron chi connectivity index (χ0n) is 17.2. The molecule has 0 spiro atoms. The molecule has 0 radical (unpaired) electrons. The molecule has 160 valence electrons. The van der Waals surface area contributed by atoms with Gasteiger partial charge in [0.1, 0.15) is 11.5 Å². The minimum atomic E-state index is -0.317. The van der Waals surface area contributed by atoms with E-state index in [-0.39, 0.29) is 29.8 Å². The number of carbonyl (C=O) groups excluding carboxylic acids is 2. The third kappa shape index (κ3) is 3.43. The first-order valence-corrected chi connectivity index (χ1v) is 10.9. The molecule has 1 aromatic carbocycles. The van der Waals surface area contributed by atoms with E-state index in [4.69, 9.17) is 0 Å². The highest BCUT2D eigenvalue weighted by atomic mass is 19.1. The predicted octanol–water partition coefficient (Wildman–Crippen LogP) is 2.37. The van der Waals surface area contributed by atoms with Gasteiger partial charge in [0.15, 0.2) is 0 Å². The Kier molecular flexibility index (Phi) is 4.89. The van der Waals surface area contributed by atoms with Crippen LogP contribution in [0.1, 0.15) is 41.7 Å². The number of piperazine rings is 1. The van der Waals surface area contributed by atoms with Crippen LogP contribution in [0.4, 0.5) is 9.18 Å². The van der Waals surface area contributed by atoms with Crippen LogP contribution in [-0.2, 0) is 0 Å². The number of benzene rings is 1. The fourth-order valence-electron chi connectivity index (χ4n) is 5.30. The van der Waals surface area contributed by atoms with E-state index in [0.29, 0.717) is 22.6 Å². The summed E-state index contributed by atoms with van der Waals surface area (Å²) in [6, 6.07) is 5.60. The smallest absolute Gasteiger partial charge is 0.317 e. The Morgan fingerprint density at radius 1 is 1.23 bits per heavy atom. The highest BCUT2D eigenvalue weighted by Crippen LogP contribution is 2.27. The van der Waals surface area contributed by atoms with E-state index in [1.807, 2.05) is 11.8 Å². The van der Waals surface area contributed by atoms with Crippen LogP contribution in [-0.4, -0.2) is 71.0 Å². The lowest BCUT2D eigenvalue weighted by Crippen LogP contribution is -2.56. The molecule has 1 saturated carbocycles. The summed E-state index contributed by atoms with van der Waals surface area (Å²) in [6.07, 6.45) is 4.06. The molecule has 3 fully saturated rings. The number of nitrogens with one attached hydrogen (secondary N) is 3. The van der Waals surface area contributed by atoms with Crippen molar-refractivity contribution < 1.29 is 14.0 Å². The zero-order valence-corrected chi connectivity index (χ0v) is 17.2. The highest BCUT2D eigenvalue weighted by molar-refractivity contribution is 5.99. The second-order valence-electron chi connectivity index (χ2n) is 8.85. The second-order valence-corrected chi connectivity index (χ2v) is 8.85. The van der Waals surface area contributed by atoms with Crippen molar-refractivity contribution in [1.29, 1.82) is 0 Å². The molecular formula is C22H28FN5O2. The molecule has 0 bridgehead atoms. The summed E-state index contributed by atoms with van der Waals surface area (Å²) in [5, 5.41) is 6.55. The fraction of sp³-hybridized carbons (Fsp3) is 0.545. The summed E-state index contributed by atoms with van der Waals surface area (Å²) < 4.78 is 14.1. The van der Waals surface area contributed by atoms with Gasteiger partial charge < -0.3 is 20.5 Å². The van der Waals surface area contributed by atoms with Crippen LogP contribution >= 0.6 is 0 Å². The molecule has 3 aliphatic rings.